The average molecular weight is 372 g/mol. The Balaban J connectivity index is 1.67. The van der Waals surface area contributed by atoms with Crippen LogP contribution in [0.3, 0.4) is 0 Å². The highest BCUT2D eigenvalue weighted by Gasteiger charge is 2.21. The number of piperidine rings is 1. The quantitative estimate of drug-likeness (QED) is 0.833. The van der Waals surface area contributed by atoms with Crippen molar-refractivity contribution in [3.63, 3.8) is 0 Å². The molecule has 2 atom stereocenters. The molecule has 1 saturated heterocycles. The second-order valence-corrected chi connectivity index (χ2v) is 7.45. The lowest BCUT2D eigenvalue weighted by Crippen LogP contribution is -2.50. The maximum absolute atomic E-state index is 12.6. The molecule has 0 aliphatic carbocycles. The zero-order valence-corrected chi connectivity index (χ0v) is 15.9. The number of amides is 2. The van der Waals surface area contributed by atoms with E-state index in [0.717, 1.165) is 48.5 Å². The van der Waals surface area contributed by atoms with E-state index < -0.39 is 0 Å². The summed E-state index contributed by atoms with van der Waals surface area (Å²) in [6.07, 6.45) is 2.87. The van der Waals surface area contributed by atoms with Gasteiger partial charge < -0.3 is 15.5 Å². The Hall–Kier alpha value is -2.04. The summed E-state index contributed by atoms with van der Waals surface area (Å²) in [5.41, 5.74) is 2.24. The first-order valence-corrected chi connectivity index (χ1v) is 9.53. The summed E-state index contributed by atoms with van der Waals surface area (Å²) in [6.45, 7) is 2.00. The molecule has 138 valence electrons. The predicted octanol–water partition coefficient (Wildman–Crippen LogP) is 4.02. The third-order valence-electron chi connectivity index (χ3n) is 4.82. The Labute approximate surface area is 160 Å². The Morgan fingerprint density at radius 2 is 1.92 bits per heavy atom. The molecule has 0 radical (unpaired) electrons. The van der Waals surface area contributed by atoms with Crippen LogP contribution in [0.2, 0.25) is 5.02 Å². The lowest BCUT2D eigenvalue weighted by Gasteiger charge is -2.31. The second-order valence-electron chi connectivity index (χ2n) is 7.01. The van der Waals surface area contributed by atoms with Gasteiger partial charge >= 0.3 is 6.03 Å². The fourth-order valence-corrected chi connectivity index (χ4v) is 3.59. The lowest BCUT2D eigenvalue weighted by molar-refractivity contribution is 0.207. The number of likely N-dealkylation sites (tertiary alicyclic amines) is 1. The number of nitrogens with one attached hydrogen (secondary N) is 2. The summed E-state index contributed by atoms with van der Waals surface area (Å²) >= 11 is 5.99. The van der Waals surface area contributed by atoms with Crippen LogP contribution >= 0.6 is 11.6 Å². The largest absolute Gasteiger partial charge is 0.334 e. The van der Waals surface area contributed by atoms with E-state index in [9.17, 15) is 4.79 Å². The number of urea groups is 1. The molecule has 0 bridgehead atoms. The number of carbonyl (C=O) groups is 1. The summed E-state index contributed by atoms with van der Waals surface area (Å²) in [4.78, 5) is 14.8. The maximum Gasteiger partial charge on any atom is 0.315 e. The normalized spacial score (nSPS) is 18.9. The SMILES string of the molecule is CN1CCCC(NC(=O)NC(Cc2ccc(Cl)cc2)c2ccccc2)C1. The van der Waals surface area contributed by atoms with E-state index in [1.807, 2.05) is 42.5 Å². The van der Waals surface area contributed by atoms with Crippen molar-refractivity contribution < 1.29 is 4.79 Å². The molecule has 2 N–H and O–H groups in total. The molecule has 2 amide bonds. The van der Waals surface area contributed by atoms with E-state index >= 15 is 0 Å². The Kier molecular flexibility index (Phi) is 6.53. The molecule has 1 fully saturated rings. The van der Waals surface area contributed by atoms with Gasteiger partial charge in [-0.1, -0.05) is 54.1 Å². The van der Waals surface area contributed by atoms with Crippen LogP contribution in [0.4, 0.5) is 4.79 Å². The number of carbonyl (C=O) groups excluding carboxylic acids is 1. The highest BCUT2D eigenvalue weighted by Crippen LogP contribution is 2.20. The van der Waals surface area contributed by atoms with Crippen LogP contribution in [0.5, 0.6) is 0 Å². The van der Waals surface area contributed by atoms with Gasteiger partial charge in [-0.3, -0.25) is 0 Å². The van der Waals surface area contributed by atoms with E-state index in [0.29, 0.717) is 0 Å². The second kappa shape index (κ2) is 9.06. The van der Waals surface area contributed by atoms with Gasteiger partial charge in [-0.25, -0.2) is 4.79 Å². The van der Waals surface area contributed by atoms with Crippen LogP contribution in [-0.4, -0.2) is 37.1 Å². The van der Waals surface area contributed by atoms with Crippen LogP contribution in [0, 0.1) is 0 Å². The van der Waals surface area contributed by atoms with Crippen molar-refractivity contribution in [2.45, 2.75) is 31.3 Å². The van der Waals surface area contributed by atoms with Gasteiger partial charge in [0.2, 0.25) is 0 Å². The molecule has 2 unspecified atom stereocenters. The minimum Gasteiger partial charge on any atom is -0.334 e. The molecule has 2 aromatic rings. The van der Waals surface area contributed by atoms with E-state index in [1.165, 1.54) is 0 Å². The molecule has 2 aromatic carbocycles. The van der Waals surface area contributed by atoms with Crippen molar-refractivity contribution in [2.75, 3.05) is 20.1 Å². The van der Waals surface area contributed by atoms with Crippen LogP contribution in [-0.2, 0) is 6.42 Å². The number of likely N-dealkylation sites (N-methyl/N-ethyl adjacent to an activating group) is 1. The monoisotopic (exact) mass is 371 g/mol. The van der Waals surface area contributed by atoms with Gasteiger partial charge in [-0.2, -0.15) is 0 Å². The molecule has 26 heavy (non-hydrogen) atoms. The zero-order valence-electron chi connectivity index (χ0n) is 15.1. The van der Waals surface area contributed by atoms with E-state index in [2.05, 4.69) is 34.7 Å². The van der Waals surface area contributed by atoms with Crippen molar-refractivity contribution in [1.82, 2.24) is 15.5 Å². The molecule has 0 saturated carbocycles. The molecule has 0 spiro atoms. The van der Waals surface area contributed by atoms with E-state index in [1.54, 1.807) is 0 Å². The first-order chi connectivity index (χ1) is 12.6. The van der Waals surface area contributed by atoms with Gasteiger partial charge in [0, 0.05) is 17.6 Å². The first-order valence-electron chi connectivity index (χ1n) is 9.15. The molecule has 3 rings (SSSR count). The molecule has 1 aliphatic rings. The molecule has 5 heteroatoms. The van der Waals surface area contributed by atoms with Gasteiger partial charge in [0.1, 0.15) is 0 Å². The molecule has 1 aliphatic heterocycles. The predicted molar refractivity (Wildman–Crippen MR) is 107 cm³/mol. The van der Waals surface area contributed by atoms with Gasteiger partial charge in [0.05, 0.1) is 6.04 Å². The van der Waals surface area contributed by atoms with Crippen LogP contribution in [0.1, 0.15) is 30.0 Å². The minimum atomic E-state index is -0.104. The minimum absolute atomic E-state index is 0.0845. The Morgan fingerprint density at radius 3 is 2.62 bits per heavy atom. The highest BCUT2D eigenvalue weighted by molar-refractivity contribution is 6.30. The zero-order chi connectivity index (χ0) is 18.4. The fourth-order valence-electron chi connectivity index (χ4n) is 3.46. The number of nitrogens with zero attached hydrogens (tertiary/aromatic N) is 1. The van der Waals surface area contributed by atoms with Crippen molar-refractivity contribution in [3.05, 3.63) is 70.7 Å². The average Bonchev–Trinajstić information content (AvgIpc) is 2.64. The van der Waals surface area contributed by atoms with Crippen molar-refractivity contribution in [1.29, 1.82) is 0 Å². The molecular weight excluding hydrogens is 346 g/mol. The van der Waals surface area contributed by atoms with Crippen molar-refractivity contribution >= 4 is 17.6 Å². The summed E-state index contributed by atoms with van der Waals surface area (Å²) < 4.78 is 0. The summed E-state index contributed by atoms with van der Waals surface area (Å²) in [7, 11) is 2.10. The molecular formula is C21H26ClN3O. The topological polar surface area (TPSA) is 44.4 Å². The summed E-state index contributed by atoms with van der Waals surface area (Å²) in [5, 5.41) is 7.01. The highest BCUT2D eigenvalue weighted by atomic mass is 35.5. The van der Waals surface area contributed by atoms with E-state index in [-0.39, 0.29) is 18.1 Å². The first kappa shape index (κ1) is 18.7. The molecule has 0 aromatic heterocycles. The van der Waals surface area contributed by atoms with Gasteiger partial charge in [-0.15, -0.1) is 0 Å². The number of rotatable bonds is 5. The van der Waals surface area contributed by atoms with Crippen LogP contribution in [0.25, 0.3) is 0 Å². The van der Waals surface area contributed by atoms with Gasteiger partial charge in [-0.05, 0) is 56.1 Å². The Bertz CT molecular complexity index is 705. The van der Waals surface area contributed by atoms with Crippen LogP contribution < -0.4 is 10.6 Å². The third-order valence-corrected chi connectivity index (χ3v) is 5.07. The van der Waals surface area contributed by atoms with Gasteiger partial charge in [0.25, 0.3) is 0 Å². The third kappa shape index (κ3) is 5.48. The lowest BCUT2D eigenvalue weighted by atomic mass is 9.99. The fraction of sp³-hybridized carbons (Fsp3) is 0.381. The maximum atomic E-state index is 12.6. The van der Waals surface area contributed by atoms with Crippen LogP contribution in [0.15, 0.2) is 54.6 Å². The number of hydrogen-bond acceptors (Lipinski definition) is 2. The number of hydrogen-bond donors (Lipinski definition) is 2. The number of halogens is 1. The standard InChI is InChI=1S/C21H26ClN3O/c1-25-13-5-8-19(15-25)23-21(26)24-20(17-6-3-2-4-7-17)14-16-9-11-18(22)12-10-16/h2-4,6-7,9-12,19-20H,5,8,13-15H2,1H3,(H2,23,24,26). The molecule has 1 heterocycles. The Morgan fingerprint density at radius 1 is 1.19 bits per heavy atom. The van der Waals surface area contributed by atoms with Crippen molar-refractivity contribution in [2.24, 2.45) is 0 Å². The summed E-state index contributed by atoms with van der Waals surface area (Å²) in [5.74, 6) is 0. The van der Waals surface area contributed by atoms with Crippen molar-refractivity contribution in [3.8, 4) is 0 Å². The van der Waals surface area contributed by atoms with Gasteiger partial charge in [0.15, 0.2) is 0 Å². The molecule has 4 nitrogen and oxygen atoms in total. The summed E-state index contributed by atoms with van der Waals surface area (Å²) in [6, 6.07) is 17.9. The number of benzene rings is 2. The smallest absolute Gasteiger partial charge is 0.315 e. The van der Waals surface area contributed by atoms with E-state index in [4.69, 9.17) is 11.6 Å².